The lowest BCUT2D eigenvalue weighted by molar-refractivity contribution is -0.121. The molecule has 1 aromatic heterocycles. The van der Waals surface area contributed by atoms with Gasteiger partial charge in [-0.2, -0.15) is 0 Å². The van der Waals surface area contributed by atoms with E-state index in [4.69, 9.17) is 17.3 Å². The van der Waals surface area contributed by atoms with Crippen LogP contribution in [0, 0.1) is 0 Å². The van der Waals surface area contributed by atoms with Crippen LogP contribution in [0.25, 0.3) is 0 Å². The molecule has 0 bridgehead atoms. The van der Waals surface area contributed by atoms with Gasteiger partial charge < -0.3 is 11.1 Å². The number of nitrogens with two attached hydrogens (primary N) is 1. The van der Waals surface area contributed by atoms with Crippen molar-refractivity contribution in [2.24, 2.45) is 0 Å². The zero-order chi connectivity index (χ0) is 18.4. The van der Waals surface area contributed by atoms with E-state index >= 15 is 0 Å². The Labute approximate surface area is 162 Å². The molecule has 0 saturated carbocycles. The average molecular weight is 386 g/mol. The number of carbonyl (C=O) groups excluding carboxylic acids is 1. The van der Waals surface area contributed by atoms with Crippen LogP contribution in [0.4, 0.5) is 5.13 Å². The number of thiazole rings is 1. The third kappa shape index (κ3) is 4.84. The SMILES string of the molecule is Nc1nc(CCNC(=O)C[C@H](c2ccccc2)c2ccccc2Cl)cs1. The summed E-state index contributed by atoms with van der Waals surface area (Å²) < 4.78 is 0. The highest BCUT2D eigenvalue weighted by Gasteiger charge is 2.20. The Balaban J connectivity index is 1.67. The molecule has 2 aromatic carbocycles. The van der Waals surface area contributed by atoms with Gasteiger partial charge in [-0.25, -0.2) is 4.98 Å². The van der Waals surface area contributed by atoms with Crippen LogP contribution in [0.5, 0.6) is 0 Å². The summed E-state index contributed by atoms with van der Waals surface area (Å²) >= 11 is 7.80. The van der Waals surface area contributed by atoms with Crippen molar-refractivity contribution in [3.05, 3.63) is 81.8 Å². The zero-order valence-corrected chi connectivity index (χ0v) is 15.8. The highest BCUT2D eigenvalue weighted by molar-refractivity contribution is 7.13. The van der Waals surface area contributed by atoms with Crippen molar-refractivity contribution in [3.8, 4) is 0 Å². The molecule has 0 aliphatic carbocycles. The zero-order valence-electron chi connectivity index (χ0n) is 14.2. The molecule has 0 fully saturated rings. The van der Waals surface area contributed by atoms with Crippen molar-refractivity contribution in [2.45, 2.75) is 18.8 Å². The minimum Gasteiger partial charge on any atom is -0.375 e. The summed E-state index contributed by atoms with van der Waals surface area (Å²) in [6, 6.07) is 17.6. The number of aromatic nitrogens is 1. The van der Waals surface area contributed by atoms with Crippen LogP contribution < -0.4 is 11.1 Å². The van der Waals surface area contributed by atoms with Crippen molar-refractivity contribution in [1.82, 2.24) is 10.3 Å². The first-order chi connectivity index (χ1) is 12.6. The molecular weight excluding hydrogens is 366 g/mol. The summed E-state index contributed by atoms with van der Waals surface area (Å²) in [6.45, 7) is 0.534. The topological polar surface area (TPSA) is 68.0 Å². The van der Waals surface area contributed by atoms with E-state index in [0.29, 0.717) is 29.5 Å². The number of nitrogen functional groups attached to an aromatic ring is 1. The van der Waals surface area contributed by atoms with Crippen LogP contribution in [0.2, 0.25) is 5.02 Å². The number of hydrogen-bond acceptors (Lipinski definition) is 4. The Bertz CT molecular complexity index is 866. The van der Waals surface area contributed by atoms with Crippen molar-refractivity contribution in [2.75, 3.05) is 12.3 Å². The smallest absolute Gasteiger partial charge is 0.220 e. The van der Waals surface area contributed by atoms with Crippen molar-refractivity contribution < 1.29 is 4.79 Å². The molecule has 0 unspecified atom stereocenters. The summed E-state index contributed by atoms with van der Waals surface area (Å²) in [6.07, 6.45) is 1.01. The molecule has 1 amide bonds. The molecule has 134 valence electrons. The Hall–Kier alpha value is -2.37. The lowest BCUT2D eigenvalue weighted by Crippen LogP contribution is -2.27. The fourth-order valence-electron chi connectivity index (χ4n) is 2.88. The highest BCUT2D eigenvalue weighted by atomic mass is 35.5. The Morgan fingerprint density at radius 2 is 1.88 bits per heavy atom. The van der Waals surface area contributed by atoms with E-state index in [-0.39, 0.29) is 11.8 Å². The minimum atomic E-state index is -0.0835. The van der Waals surface area contributed by atoms with Gasteiger partial charge in [0.15, 0.2) is 5.13 Å². The molecule has 0 saturated heterocycles. The normalized spacial score (nSPS) is 11.9. The van der Waals surface area contributed by atoms with Crippen molar-refractivity contribution >= 4 is 34.0 Å². The molecule has 1 atom stereocenters. The Kier molecular flexibility index (Phi) is 6.26. The maximum absolute atomic E-state index is 12.5. The second kappa shape index (κ2) is 8.83. The molecule has 0 aliphatic heterocycles. The van der Waals surface area contributed by atoms with E-state index in [0.717, 1.165) is 16.8 Å². The average Bonchev–Trinajstić information content (AvgIpc) is 3.06. The van der Waals surface area contributed by atoms with Gasteiger partial charge in [-0.3, -0.25) is 4.79 Å². The number of anilines is 1. The lowest BCUT2D eigenvalue weighted by atomic mass is 9.88. The monoisotopic (exact) mass is 385 g/mol. The summed E-state index contributed by atoms with van der Waals surface area (Å²) in [5.41, 5.74) is 8.56. The van der Waals surface area contributed by atoms with E-state index in [9.17, 15) is 4.79 Å². The van der Waals surface area contributed by atoms with E-state index in [1.807, 2.05) is 60.0 Å². The fraction of sp³-hybridized carbons (Fsp3) is 0.200. The quantitative estimate of drug-likeness (QED) is 0.638. The predicted octanol–water partition coefficient (Wildman–Crippen LogP) is 4.26. The van der Waals surface area contributed by atoms with Gasteiger partial charge in [0.25, 0.3) is 0 Å². The fourth-order valence-corrected chi connectivity index (χ4v) is 3.74. The number of halogens is 1. The maximum atomic E-state index is 12.5. The molecule has 1 heterocycles. The minimum absolute atomic E-state index is 0.0121. The largest absolute Gasteiger partial charge is 0.375 e. The molecule has 3 rings (SSSR count). The summed E-state index contributed by atoms with van der Waals surface area (Å²) in [7, 11) is 0. The number of carbonyl (C=O) groups is 1. The third-order valence-corrected chi connectivity index (χ3v) is 5.21. The molecule has 3 N–H and O–H groups in total. The molecule has 0 radical (unpaired) electrons. The van der Waals surface area contributed by atoms with Crippen LogP contribution in [-0.2, 0) is 11.2 Å². The number of hydrogen-bond donors (Lipinski definition) is 2. The molecule has 26 heavy (non-hydrogen) atoms. The molecule has 0 spiro atoms. The predicted molar refractivity (Wildman–Crippen MR) is 108 cm³/mol. The Morgan fingerprint density at radius 3 is 2.58 bits per heavy atom. The van der Waals surface area contributed by atoms with E-state index in [1.54, 1.807) is 0 Å². The van der Waals surface area contributed by atoms with E-state index < -0.39 is 0 Å². The van der Waals surface area contributed by atoms with Gasteiger partial charge in [0.05, 0.1) is 5.69 Å². The van der Waals surface area contributed by atoms with Crippen LogP contribution >= 0.6 is 22.9 Å². The standard InChI is InChI=1S/C20H20ClN3OS/c21-18-9-5-4-8-16(18)17(14-6-2-1-3-7-14)12-19(25)23-11-10-15-13-26-20(22)24-15/h1-9,13,17H,10-12H2,(H2,22,24)(H,23,25)/t17-/m1/s1. The van der Waals surface area contributed by atoms with Gasteiger partial charge in [-0.05, 0) is 17.2 Å². The second-order valence-corrected chi connectivity index (χ2v) is 7.26. The van der Waals surface area contributed by atoms with Gasteiger partial charge >= 0.3 is 0 Å². The second-order valence-electron chi connectivity index (χ2n) is 5.97. The molecular formula is C20H20ClN3OS. The first kappa shape index (κ1) is 18.4. The van der Waals surface area contributed by atoms with E-state index in [2.05, 4.69) is 10.3 Å². The summed E-state index contributed by atoms with van der Waals surface area (Å²) in [4.78, 5) is 16.7. The van der Waals surface area contributed by atoms with Crippen molar-refractivity contribution in [3.63, 3.8) is 0 Å². The van der Waals surface area contributed by atoms with Crippen molar-refractivity contribution in [1.29, 1.82) is 0 Å². The van der Waals surface area contributed by atoms with E-state index in [1.165, 1.54) is 11.3 Å². The number of nitrogens with zero attached hydrogens (tertiary/aromatic N) is 1. The number of rotatable bonds is 7. The highest BCUT2D eigenvalue weighted by Crippen LogP contribution is 2.32. The molecule has 3 aromatic rings. The van der Waals surface area contributed by atoms with Crippen LogP contribution in [0.15, 0.2) is 60.0 Å². The van der Waals surface area contributed by atoms with Gasteiger partial charge in [0.2, 0.25) is 5.91 Å². The van der Waals surface area contributed by atoms with Gasteiger partial charge in [-0.15, -0.1) is 11.3 Å². The molecule has 0 aliphatic rings. The first-order valence-corrected chi connectivity index (χ1v) is 9.65. The van der Waals surface area contributed by atoms with Gasteiger partial charge in [0.1, 0.15) is 0 Å². The molecule has 6 heteroatoms. The van der Waals surface area contributed by atoms with Gasteiger partial charge in [0, 0.05) is 35.7 Å². The van der Waals surface area contributed by atoms with Crippen LogP contribution in [0.3, 0.4) is 0 Å². The summed E-state index contributed by atoms with van der Waals surface area (Å²) in [5.74, 6) is -0.0956. The Morgan fingerprint density at radius 1 is 1.15 bits per heavy atom. The van der Waals surface area contributed by atoms with Crippen LogP contribution in [0.1, 0.15) is 29.2 Å². The lowest BCUT2D eigenvalue weighted by Gasteiger charge is -2.19. The number of benzene rings is 2. The molecule has 4 nitrogen and oxygen atoms in total. The summed E-state index contributed by atoms with van der Waals surface area (Å²) in [5, 5.41) is 6.11. The number of amides is 1. The third-order valence-electron chi connectivity index (χ3n) is 4.14. The number of nitrogens with one attached hydrogen (secondary N) is 1. The first-order valence-electron chi connectivity index (χ1n) is 8.39. The van der Waals surface area contributed by atoms with Crippen LogP contribution in [-0.4, -0.2) is 17.4 Å². The van der Waals surface area contributed by atoms with Gasteiger partial charge in [-0.1, -0.05) is 60.1 Å². The maximum Gasteiger partial charge on any atom is 0.220 e.